The average molecular weight is 311 g/mol. The Morgan fingerprint density at radius 1 is 1.38 bits per heavy atom. The lowest BCUT2D eigenvalue weighted by Gasteiger charge is -2.28. The Morgan fingerprint density at radius 2 is 2.10 bits per heavy atom. The van der Waals surface area contributed by atoms with Crippen molar-refractivity contribution in [1.29, 1.82) is 0 Å². The standard InChI is InChI=1S/C17H20ClFO2/c1-2-3-4-17(20)21-14-8-5-12(6-9-14)13-7-10-15(18)16(19)11-13/h3-4,7,10-12,14H,2,5-6,8-9H2,1H3. The van der Waals surface area contributed by atoms with Crippen LogP contribution in [0.5, 0.6) is 0 Å². The first-order chi connectivity index (χ1) is 10.1. The number of allylic oxidation sites excluding steroid dienone is 1. The molecule has 1 aliphatic rings. The van der Waals surface area contributed by atoms with Gasteiger partial charge in [-0.3, -0.25) is 0 Å². The molecule has 0 radical (unpaired) electrons. The van der Waals surface area contributed by atoms with Gasteiger partial charge in [0.05, 0.1) is 5.02 Å². The van der Waals surface area contributed by atoms with Crippen LogP contribution in [0.3, 0.4) is 0 Å². The summed E-state index contributed by atoms with van der Waals surface area (Å²) in [7, 11) is 0. The summed E-state index contributed by atoms with van der Waals surface area (Å²) in [6.45, 7) is 1.97. The molecule has 1 saturated carbocycles. The van der Waals surface area contributed by atoms with Crippen molar-refractivity contribution in [3.63, 3.8) is 0 Å². The molecule has 0 atom stereocenters. The Morgan fingerprint density at radius 3 is 2.71 bits per heavy atom. The molecule has 0 aromatic heterocycles. The molecule has 0 amide bonds. The zero-order valence-corrected chi connectivity index (χ0v) is 12.9. The van der Waals surface area contributed by atoms with Crippen molar-refractivity contribution in [2.24, 2.45) is 0 Å². The molecule has 4 heteroatoms. The lowest BCUT2D eigenvalue weighted by atomic mass is 9.83. The molecule has 0 heterocycles. The molecule has 0 saturated heterocycles. The van der Waals surface area contributed by atoms with Crippen molar-refractivity contribution in [1.82, 2.24) is 0 Å². The maximum atomic E-state index is 13.5. The second kappa shape index (κ2) is 7.60. The Labute approximate surface area is 129 Å². The minimum absolute atomic E-state index is 0.0209. The number of rotatable bonds is 4. The van der Waals surface area contributed by atoms with E-state index in [2.05, 4.69) is 0 Å². The Bertz CT molecular complexity index is 520. The molecular weight excluding hydrogens is 291 g/mol. The molecule has 0 unspecified atom stereocenters. The fourth-order valence-corrected chi connectivity index (χ4v) is 2.82. The molecule has 1 aliphatic carbocycles. The van der Waals surface area contributed by atoms with Gasteiger partial charge in [0.15, 0.2) is 0 Å². The van der Waals surface area contributed by atoms with Gasteiger partial charge in [-0.15, -0.1) is 0 Å². The first kappa shape index (κ1) is 16.0. The normalized spacial score (nSPS) is 22.4. The molecule has 0 N–H and O–H groups in total. The van der Waals surface area contributed by atoms with Crippen LogP contribution < -0.4 is 0 Å². The Balaban J connectivity index is 1.86. The Kier molecular flexibility index (Phi) is 5.80. The van der Waals surface area contributed by atoms with Gasteiger partial charge < -0.3 is 4.74 Å². The molecule has 0 aliphatic heterocycles. The number of benzene rings is 1. The largest absolute Gasteiger partial charge is 0.459 e. The van der Waals surface area contributed by atoms with Gasteiger partial charge >= 0.3 is 5.97 Å². The van der Waals surface area contributed by atoms with Crippen LogP contribution in [-0.2, 0) is 9.53 Å². The van der Waals surface area contributed by atoms with Crippen LogP contribution in [0.4, 0.5) is 4.39 Å². The van der Waals surface area contributed by atoms with Crippen molar-refractivity contribution in [3.05, 3.63) is 46.8 Å². The molecule has 21 heavy (non-hydrogen) atoms. The Hall–Kier alpha value is -1.35. The number of ether oxygens (including phenoxy) is 1. The summed E-state index contributed by atoms with van der Waals surface area (Å²) in [5, 5.41) is 0.157. The summed E-state index contributed by atoms with van der Waals surface area (Å²) in [5.41, 5.74) is 0.979. The number of carbonyl (C=O) groups excluding carboxylic acids is 1. The van der Waals surface area contributed by atoms with E-state index in [1.54, 1.807) is 12.1 Å². The van der Waals surface area contributed by atoms with E-state index in [1.165, 1.54) is 12.1 Å². The number of carbonyl (C=O) groups is 1. The van der Waals surface area contributed by atoms with E-state index in [4.69, 9.17) is 16.3 Å². The van der Waals surface area contributed by atoms with E-state index in [9.17, 15) is 9.18 Å². The van der Waals surface area contributed by atoms with Gasteiger partial charge in [0.1, 0.15) is 11.9 Å². The van der Waals surface area contributed by atoms with Crippen molar-refractivity contribution in [2.45, 2.75) is 51.0 Å². The number of esters is 1. The molecule has 0 spiro atoms. The van der Waals surface area contributed by atoms with Gasteiger partial charge in [-0.25, -0.2) is 9.18 Å². The zero-order chi connectivity index (χ0) is 15.2. The summed E-state index contributed by atoms with van der Waals surface area (Å²) < 4.78 is 18.9. The second-order valence-corrected chi connectivity index (χ2v) is 5.80. The maximum Gasteiger partial charge on any atom is 0.330 e. The highest BCUT2D eigenvalue weighted by Gasteiger charge is 2.24. The monoisotopic (exact) mass is 310 g/mol. The average Bonchev–Trinajstić information content (AvgIpc) is 2.49. The van der Waals surface area contributed by atoms with Gasteiger partial charge in [0.25, 0.3) is 0 Å². The van der Waals surface area contributed by atoms with E-state index < -0.39 is 0 Å². The van der Waals surface area contributed by atoms with E-state index in [0.29, 0.717) is 5.92 Å². The zero-order valence-electron chi connectivity index (χ0n) is 12.1. The van der Waals surface area contributed by atoms with Crippen LogP contribution in [0.1, 0.15) is 50.5 Å². The first-order valence-corrected chi connectivity index (χ1v) is 7.80. The van der Waals surface area contributed by atoms with Crippen LogP contribution in [0.2, 0.25) is 5.02 Å². The van der Waals surface area contributed by atoms with Crippen molar-refractivity contribution >= 4 is 17.6 Å². The number of hydrogen-bond donors (Lipinski definition) is 0. The van der Waals surface area contributed by atoms with Gasteiger partial charge in [-0.2, -0.15) is 0 Å². The SMILES string of the molecule is CCC=CC(=O)OC1CCC(c2ccc(Cl)c(F)c2)CC1. The highest BCUT2D eigenvalue weighted by molar-refractivity contribution is 6.30. The van der Waals surface area contributed by atoms with Crippen LogP contribution >= 0.6 is 11.6 Å². The highest BCUT2D eigenvalue weighted by atomic mass is 35.5. The third-order valence-corrected chi connectivity index (χ3v) is 4.17. The third kappa shape index (κ3) is 4.57. The van der Waals surface area contributed by atoms with Crippen LogP contribution in [0.25, 0.3) is 0 Å². The number of halogens is 2. The maximum absolute atomic E-state index is 13.5. The van der Waals surface area contributed by atoms with Gasteiger partial charge in [0, 0.05) is 6.08 Å². The lowest BCUT2D eigenvalue weighted by molar-refractivity contribution is -0.144. The van der Waals surface area contributed by atoms with Crippen molar-refractivity contribution in [2.75, 3.05) is 0 Å². The summed E-state index contributed by atoms with van der Waals surface area (Å²) >= 11 is 5.70. The molecule has 1 fully saturated rings. The number of hydrogen-bond acceptors (Lipinski definition) is 2. The fraction of sp³-hybridized carbons (Fsp3) is 0.471. The molecule has 2 rings (SSSR count). The molecule has 1 aromatic rings. The van der Waals surface area contributed by atoms with Crippen LogP contribution in [0, 0.1) is 5.82 Å². The quantitative estimate of drug-likeness (QED) is 0.577. The smallest absolute Gasteiger partial charge is 0.330 e. The fourth-order valence-electron chi connectivity index (χ4n) is 2.70. The predicted molar refractivity (Wildman–Crippen MR) is 81.9 cm³/mol. The lowest BCUT2D eigenvalue weighted by Crippen LogP contribution is -2.23. The van der Waals surface area contributed by atoms with Crippen LogP contribution in [-0.4, -0.2) is 12.1 Å². The highest BCUT2D eigenvalue weighted by Crippen LogP contribution is 2.35. The van der Waals surface area contributed by atoms with Crippen molar-refractivity contribution in [3.8, 4) is 0 Å². The minimum atomic E-state index is -0.368. The summed E-state index contributed by atoms with van der Waals surface area (Å²) in [5.74, 6) is -0.317. The van der Waals surface area contributed by atoms with E-state index in [1.807, 2.05) is 13.0 Å². The second-order valence-electron chi connectivity index (χ2n) is 5.39. The van der Waals surface area contributed by atoms with Gasteiger partial charge in [-0.05, 0) is 55.7 Å². The van der Waals surface area contributed by atoms with E-state index >= 15 is 0 Å². The topological polar surface area (TPSA) is 26.3 Å². The molecule has 2 nitrogen and oxygen atoms in total. The van der Waals surface area contributed by atoms with E-state index in [-0.39, 0.29) is 22.9 Å². The third-order valence-electron chi connectivity index (χ3n) is 3.86. The van der Waals surface area contributed by atoms with Gasteiger partial charge in [0.2, 0.25) is 0 Å². The van der Waals surface area contributed by atoms with Crippen molar-refractivity contribution < 1.29 is 13.9 Å². The minimum Gasteiger partial charge on any atom is -0.459 e. The molecule has 1 aromatic carbocycles. The van der Waals surface area contributed by atoms with Crippen LogP contribution in [0.15, 0.2) is 30.4 Å². The van der Waals surface area contributed by atoms with Gasteiger partial charge in [-0.1, -0.05) is 30.7 Å². The summed E-state index contributed by atoms with van der Waals surface area (Å²) in [6.07, 6.45) is 7.52. The molecule has 114 valence electrons. The first-order valence-electron chi connectivity index (χ1n) is 7.42. The molecule has 0 bridgehead atoms. The molecular formula is C17H20ClFO2. The summed E-state index contributed by atoms with van der Waals surface area (Å²) in [4.78, 5) is 11.5. The predicted octanol–water partition coefficient (Wildman–Crippen LogP) is 5.01. The van der Waals surface area contributed by atoms with E-state index in [0.717, 1.165) is 37.7 Å². The summed E-state index contributed by atoms with van der Waals surface area (Å²) in [6, 6.07) is 5.00.